The summed E-state index contributed by atoms with van der Waals surface area (Å²) in [6, 6.07) is 20.6. The van der Waals surface area contributed by atoms with Crippen LogP contribution in [0.4, 0.5) is 4.39 Å². The molecule has 0 aliphatic heterocycles. The largest absolute Gasteiger partial charge is 0.493 e. The molecule has 0 aromatic heterocycles. The smallest absolute Gasteiger partial charge is 0.161 e. The molecule has 3 aromatic carbocycles. The highest BCUT2D eigenvalue weighted by atomic mass is 19.1. The van der Waals surface area contributed by atoms with Gasteiger partial charge in [0.25, 0.3) is 0 Å². The fraction of sp³-hybridized carbons (Fsp3) is 0.217. The number of methoxy groups -OCH3 is 1. The Balaban J connectivity index is 1.58. The molecule has 0 aliphatic rings. The van der Waals surface area contributed by atoms with E-state index in [1.807, 2.05) is 30.3 Å². The fourth-order valence-corrected chi connectivity index (χ4v) is 2.82. The van der Waals surface area contributed by atoms with Crippen LogP contribution in [0.25, 0.3) is 0 Å². The lowest BCUT2D eigenvalue weighted by Gasteiger charge is -2.13. The standard InChI is InChI=1S/C23H24FNO2/c1-17-5-3-4-6-20(17)16-27-22-12-9-19(13-23(22)26-2)15-25-14-18-7-10-21(24)11-8-18/h3-13,25H,14-16H2,1-2H3. The molecular formula is C23H24FNO2. The molecule has 0 radical (unpaired) electrons. The summed E-state index contributed by atoms with van der Waals surface area (Å²) >= 11 is 0. The molecule has 3 nitrogen and oxygen atoms in total. The maximum atomic E-state index is 12.9. The predicted molar refractivity (Wildman–Crippen MR) is 105 cm³/mol. The highest BCUT2D eigenvalue weighted by Gasteiger charge is 2.07. The van der Waals surface area contributed by atoms with Crippen LogP contribution < -0.4 is 14.8 Å². The summed E-state index contributed by atoms with van der Waals surface area (Å²) in [6.07, 6.45) is 0. The molecule has 0 spiro atoms. The number of aryl methyl sites for hydroxylation is 1. The lowest BCUT2D eigenvalue weighted by Crippen LogP contribution is -2.12. The van der Waals surface area contributed by atoms with Crippen LogP contribution in [0.2, 0.25) is 0 Å². The fourth-order valence-electron chi connectivity index (χ4n) is 2.82. The van der Waals surface area contributed by atoms with E-state index in [-0.39, 0.29) is 5.82 Å². The van der Waals surface area contributed by atoms with E-state index >= 15 is 0 Å². The van der Waals surface area contributed by atoms with Gasteiger partial charge in [0.1, 0.15) is 12.4 Å². The topological polar surface area (TPSA) is 30.5 Å². The number of rotatable bonds is 8. The lowest BCUT2D eigenvalue weighted by molar-refractivity contribution is 0.283. The average molecular weight is 365 g/mol. The summed E-state index contributed by atoms with van der Waals surface area (Å²) in [4.78, 5) is 0. The second kappa shape index (κ2) is 9.19. The molecule has 3 aromatic rings. The minimum Gasteiger partial charge on any atom is -0.493 e. The molecule has 0 aliphatic carbocycles. The van der Waals surface area contributed by atoms with E-state index in [9.17, 15) is 4.39 Å². The van der Waals surface area contributed by atoms with Gasteiger partial charge in [-0.1, -0.05) is 42.5 Å². The second-order valence-corrected chi connectivity index (χ2v) is 6.43. The van der Waals surface area contributed by atoms with Gasteiger partial charge in [0.05, 0.1) is 7.11 Å². The van der Waals surface area contributed by atoms with Crippen LogP contribution in [0.15, 0.2) is 66.7 Å². The minimum absolute atomic E-state index is 0.218. The Morgan fingerprint density at radius 1 is 0.852 bits per heavy atom. The van der Waals surface area contributed by atoms with Crippen molar-refractivity contribution in [2.24, 2.45) is 0 Å². The van der Waals surface area contributed by atoms with Crippen molar-refractivity contribution in [1.82, 2.24) is 5.32 Å². The maximum Gasteiger partial charge on any atom is 0.161 e. The van der Waals surface area contributed by atoms with Crippen molar-refractivity contribution in [2.75, 3.05) is 7.11 Å². The summed E-state index contributed by atoms with van der Waals surface area (Å²) in [5, 5.41) is 3.35. The van der Waals surface area contributed by atoms with E-state index < -0.39 is 0 Å². The molecule has 0 heterocycles. The third kappa shape index (κ3) is 5.31. The summed E-state index contributed by atoms with van der Waals surface area (Å²) in [6.45, 7) is 3.94. The van der Waals surface area contributed by atoms with Crippen LogP contribution in [0, 0.1) is 12.7 Å². The lowest BCUT2D eigenvalue weighted by atomic mass is 10.1. The Labute approximate surface area is 159 Å². The van der Waals surface area contributed by atoms with Crippen LogP contribution in [0.1, 0.15) is 22.3 Å². The number of halogens is 1. The molecule has 0 fully saturated rings. The first kappa shape index (κ1) is 18.9. The molecule has 0 bridgehead atoms. The summed E-state index contributed by atoms with van der Waals surface area (Å²) in [5.41, 5.74) is 4.50. The zero-order valence-electron chi connectivity index (χ0n) is 15.7. The number of benzene rings is 3. The monoisotopic (exact) mass is 365 g/mol. The van der Waals surface area contributed by atoms with E-state index in [1.54, 1.807) is 19.2 Å². The zero-order valence-corrected chi connectivity index (χ0v) is 15.7. The second-order valence-electron chi connectivity index (χ2n) is 6.43. The summed E-state index contributed by atoms with van der Waals surface area (Å²) < 4.78 is 24.4. The van der Waals surface area contributed by atoms with E-state index in [0.717, 1.165) is 22.4 Å². The van der Waals surface area contributed by atoms with Gasteiger partial charge in [-0.2, -0.15) is 0 Å². The molecule has 0 unspecified atom stereocenters. The van der Waals surface area contributed by atoms with Crippen molar-refractivity contribution >= 4 is 0 Å². The minimum atomic E-state index is -0.218. The maximum absolute atomic E-state index is 12.9. The van der Waals surface area contributed by atoms with Crippen LogP contribution >= 0.6 is 0 Å². The summed E-state index contributed by atoms with van der Waals surface area (Å²) in [5.74, 6) is 1.22. The van der Waals surface area contributed by atoms with Gasteiger partial charge < -0.3 is 14.8 Å². The quantitative estimate of drug-likeness (QED) is 0.609. The van der Waals surface area contributed by atoms with Crippen molar-refractivity contribution in [3.05, 3.63) is 94.8 Å². The Morgan fingerprint density at radius 2 is 1.56 bits per heavy atom. The first-order chi connectivity index (χ1) is 13.2. The number of nitrogens with one attached hydrogen (secondary N) is 1. The van der Waals surface area contributed by atoms with Gasteiger partial charge in [0, 0.05) is 13.1 Å². The SMILES string of the molecule is COc1cc(CNCc2ccc(F)cc2)ccc1OCc1ccccc1C. The van der Waals surface area contributed by atoms with Crippen LogP contribution in [-0.2, 0) is 19.7 Å². The number of hydrogen-bond donors (Lipinski definition) is 1. The Hall–Kier alpha value is -2.85. The highest BCUT2D eigenvalue weighted by Crippen LogP contribution is 2.29. The van der Waals surface area contributed by atoms with Crippen molar-refractivity contribution in [2.45, 2.75) is 26.6 Å². The van der Waals surface area contributed by atoms with E-state index in [2.05, 4.69) is 24.4 Å². The van der Waals surface area contributed by atoms with Gasteiger partial charge in [-0.3, -0.25) is 0 Å². The molecule has 0 atom stereocenters. The van der Waals surface area contributed by atoms with E-state index in [0.29, 0.717) is 25.4 Å². The van der Waals surface area contributed by atoms with Crippen LogP contribution in [0.3, 0.4) is 0 Å². The molecule has 4 heteroatoms. The Morgan fingerprint density at radius 3 is 2.30 bits per heavy atom. The molecule has 0 amide bonds. The zero-order chi connectivity index (χ0) is 19.1. The molecule has 1 N–H and O–H groups in total. The highest BCUT2D eigenvalue weighted by molar-refractivity contribution is 5.43. The van der Waals surface area contributed by atoms with Crippen molar-refractivity contribution in [3.63, 3.8) is 0 Å². The van der Waals surface area contributed by atoms with E-state index in [4.69, 9.17) is 9.47 Å². The first-order valence-corrected chi connectivity index (χ1v) is 8.95. The van der Waals surface area contributed by atoms with Crippen LogP contribution in [0.5, 0.6) is 11.5 Å². The molecule has 0 saturated heterocycles. The van der Waals surface area contributed by atoms with Crippen LogP contribution in [-0.4, -0.2) is 7.11 Å². The van der Waals surface area contributed by atoms with Gasteiger partial charge in [-0.25, -0.2) is 4.39 Å². The molecule has 140 valence electrons. The normalized spacial score (nSPS) is 10.6. The van der Waals surface area contributed by atoms with E-state index in [1.165, 1.54) is 17.7 Å². The third-order valence-corrected chi connectivity index (χ3v) is 4.44. The van der Waals surface area contributed by atoms with Crippen molar-refractivity contribution in [1.29, 1.82) is 0 Å². The summed E-state index contributed by atoms with van der Waals surface area (Å²) in [7, 11) is 1.64. The molecular weight excluding hydrogens is 341 g/mol. The number of hydrogen-bond acceptors (Lipinski definition) is 3. The Bertz CT molecular complexity index is 878. The first-order valence-electron chi connectivity index (χ1n) is 8.95. The van der Waals surface area contributed by atoms with Crippen molar-refractivity contribution < 1.29 is 13.9 Å². The average Bonchev–Trinajstić information content (AvgIpc) is 2.69. The molecule has 3 rings (SSSR count). The Kier molecular flexibility index (Phi) is 6.44. The van der Waals surface area contributed by atoms with Gasteiger partial charge in [-0.15, -0.1) is 0 Å². The van der Waals surface area contributed by atoms with Gasteiger partial charge >= 0.3 is 0 Å². The van der Waals surface area contributed by atoms with Gasteiger partial charge in [0.2, 0.25) is 0 Å². The predicted octanol–water partition coefficient (Wildman–Crippen LogP) is 5.01. The van der Waals surface area contributed by atoms with Gasteiger partial charge in [-0.05, 0) is 53.4 Å². The van der Waals surface area contributed by atoms with Gasteiger partial charge in [0.15, 0.2) is 11.5 Å². The number of ether oxygens (including phenoxy) is 2. The molecule has 27 heavy (non-hydrogen) atoms. The third-order valence-electron chi connectivity index (χ3n) is 4.44. The van der Waals surface area contributed by atoms with Crippen molar-refractivity contribution in [3.8, 4) is 11.5 Å². The molecule has 0 saturated carbocycles.